The Morgan fingerprint density at radius 3 is 2.42 bits per heavy atom. The van der Waals surface area contributed by atoms with E-state index in [1.54, 1.807) is 24.3 Å². The van der Waals surface area contributed by atoms with E-state index >= 15 is 0 Å². The number of amides is 4. The normalized spacial score (nSPS) is 14.9. The Hall–Kier alpha value is -5.32. The first-order valence-electron chi connectivity index (χ1n) is 12.6. The average molecular weight is 540 g/mol. The number of hydrogen-bond donors (Lipinski definition) is 2. The fraction of sp³-hybridized carbons (Fsp3) is 0.172. The van der Waals surface area contributed by atoms with Crippen molar-refractivity contribution in [3.63, 3.8) is 0 Å². The zero-order valence-electron chi connectivity index (χ0n) is 21.5. The van der Waals surface area contributed by atoms with E-state index in [-0.39, 0.29) is 30.1 Å². The molecule has 4 aromatic rings. The molecule has 0 radical (unpaired) electrons. The van der Waals surface area contributed by atoms with Crippen LogP contribution in [-0.2, 0) is 20.8 Å². The van der Waals surface area contributed by atoms with Gasteiger partial charge in [0.2, 0.25) is 11.8 Å². The first-order chi connectivity index (χ1) is 19.2. The molecule has 0 aliphatic carbocycles. The second kappa shape index (κ2) is 10.8. The van der Waals surface area contributed by atoms with Crippen molar-refractivity contribution in [3.05, 3.63) is 100 Å². The highest BCUT2D eigenvalue weighted by atomic mass is 16.6. The second-order valence-corrected chi connectivity index (χ2v) is 9.43. The zero-order chi connectivity index (χ0) is 28.4. The van der Waals surface area contributed by atoms with Gasteiger partial charge in [0.1, 0.15) is 6.04 Å². The molecular formula is C29H25N5O6. The fourth-order valence-electron chi connectivity index (χ4n) is 4.90. The first kappa shape index (κ1) is 26.3. The van der Waals surface area contributed by atoms with Crippen molar-refractivity contribution in [1.29, 1.82) is 0 Å². The van der Waals surface area contributed by atoms with Gasteiger partial charge in [-0.3, -0.25) is 29.3 Å². The van der Waals surface area contributed by atoms with Crippen LogP contribution in [0.4, 0.5) is 17.1 Å². The van der Waals surface area contributed by atoms with Crippen LogP contribution in [0.25, 0.3) is 10.9 Å². The molecule has 4 amide bonds. The minimum absolute atomic E-state index is 0.136. The molecule has 1 aliphatic rings. The molecule has 1 saturated heterocycles. The summed E-state index contributed by atoms with van der Waals surface area (Å²) in [5, 5.41) is 14.7. The lowest BCUT2D eigenvalue weighted by molar-refractivity contribution is -0.384. The molecule has 202 valence electrons. The van der Waals surface area contributed by atoms with Gasteiger partial charge in [-0.15, -0.1) is 0 Å². The first-order valence-corrected chi connectivity index (χ1v) is 12.6. The number of carbonyl (C=O) groups excluding carboxylic acids is 4. The van der Waals surface area contributed by atoms with Crippen LogP contribution in [0.1, 0.15) is 29.3 Å². The Morgan fingerprint density at radius 2 is 1.75 bits per heavy atom. The highest BCUT2D eigenvalue weighted by Gasteiger charge is 2.44. The number of anilines is 2. The van der Waals surface area contributed by atoms with E-state index in [2.05, 4.69) is 10.3 Å². The number of rotatable bonds is 8. The van der Waals surface area contributed by atoms with Crippen molar-refractivity contribution in [1.82, 2.24) is 9.88 Å². The molecule has 2 N–H and O–H groups in total. The largest absolute Gasteiger partial charge is 0.361 e. The van der Waals surface area contributed by atoms with Gasteiger partial charge in [-0.2, -0.15) is 0 Å². The zero-order valence-corrected chi connectivity index (χ0v) is 21.5. The predicted octanol–water partition coefficient (Wildman–Crippen LogP) is 4.05. The minimum atomic E-state index is -1.06. The number of H-pyrrole nitrogens is 1. The molecule has 1 unspecified atom stereocenters. The number of carbonyl (C=O) groups is 4. The summed E-state index contributed by atoms with van der Waals surface area (Å²) in [7, 11) is 0. The predicted molar refractivity (Wildman–Crippen MR) is 148 cm³/mol. The number of nitro benzene ring substituents is 1. The molecule has 2 heterocycles. The van der Waals surface area contributed by atoms with Crippen LogP contribution in [0, 0.1) is 10.1 Å². The molecule has 1 fully saturated rings. The van der Waals surface area contributed by atoms with Crippen LogP contribution >= 0.6 is 0 Å². The van der Waals surface area contributed by atoms with E-state index in [1.807, 2.05) is 30.5 Å². The van der Waals surface area contributed by atoms with Crippen LogP contribution in [0.15, 0.2) is 79.0 Å². The van der Waals surface area contributed by atoms with Crippen LogP contribution in [0.3, 0.4) is 0 Å². The summed E-state index contributed by atoms with van der Waals surface area (Å²) in [5.41, 5.74) is 2.73. The van der Waals surface area contributed by atoms with Gasteiger partial charge in [0, 0.05) is 54.0 Å². The summed E-state index contributed by atoms with van der Waals surface area (Å²) in [6, 6.07) is 18.1. The van der Waals surface area contributed by atoms with E-state index in [0.29, 0.717) is 17.8 Å². The van der Waals surface area contributed by atoms with E-state index in [0.717, 1.165) is 21.4 Å². The summed E-state index contributed by atoms with van der Waals surface area (Å²) in [6.45, 7) is 1.51. The van der Waals surface area contributed by atoms with Crippen molar-refractivity contribution in [2.75, 3.05) is 16.8 Å². The van der Waals surface area contributed by atoms with E-state index < -0.39 is 28.7 Å². The molecular weight excluding hydrogens is 514 g/mol. The Morgan fingerprint density at radius 1 is 1.05 bits per heavy atom. The lowest BCUT2D eigenvalue weighted by Crippen LogP contribution is -2.46. The maximum Gasteiger partial charge on any atom is 0.269 e. The topological polar surface area (TPSA) is 146 Å². The lowest BCUT2D eigenvalue weighted by atomic mass is 10.1. The summed E-state index contributed by atoms with van der Waals surface area (Å²) in [4.78, 5) is 67.9. The Kier molecular flexibility index (Phi) is 7.11. The smallest absolute Gasteiger partial charge is 0.269 e. The molecule has 1 atom stereocenters. The highest BCUT2D eigenvalue weighted by molar-refractivity contribution is 6.23. The monoisotopic (exact) mass is 539 g/mol. The molecule has 1 aromatic heterocycles. The summed E-state index contributed by atoms with van der Waals surface area (Å²) in [6.07, 6.45) is 2.05. The number of nitro groups is 1. The van der Waals surface area contributed by atoms with E-state index in [4.69, 9.17) is 0 Å². The minimum Gasteiger partial charge on any atom is -0.361 e. The van der Waals surface area contributed by atoms with Gasteiger partial charge in [0.15, 0.2) is 0 Å². The second-order valence-electron chi connectivity index (χ2n) is 9.43. The third-order valence-electron chi connectivity index (χ3n) is 6.83. The number of non-ortho nitro benzene ring substituents is 1. The SMILES string of the molecule is CC(=O)Nc1ccc(N2C(=O)CC(N(CCc3c[nH]c4ccccc34)C(=O)c3ccc([N+](=O)[O-])cc3)C2=O)cc1. The molecule has 40 heavy (non-hydrogen) atoms. The van der Waals surface area contributed by atoms with Crippen LogP contribution in [-0.4, -0.2) is 51.0 Å². The van der Waals surface area contributed by atoms with Crippen LogP contribution in [0.2, 0.25) is 0 Å². The number of aromatic amines is 1. The molecule has 11 heteroatoms. The third kappa shape index (κ3) is 5.17. The third-order valence-corrected chi connectivity index (χ3v) is 6.83. The maximum atomic E-state index is 13.7. The number of hydrogen-bond acceptors (Lipinski definition) is 6. The standard InChI is InChI=1S/C29H25N5O6/c1-18(35)31-21-8-12-22(13-9-21)33-27(36)16-26(29(33)38)32(28(37)19-6-10-23(11-7-19)34(39)40)15-14-20-17-30-25-5-3-2-4-24(20)25/h2-13,17,26,30H,14-16H2,1H3,(H,31,35). The van der Waals surface area contributed by atoms with Gasteiger partial charge in [0.25, 0.3) is 17.5 Å². The number of para-hydroxylation sites is 1. The molecule has 5 rings (SSSR count). The van der Waals surface area contributed by atoms with Crippen molar-refractivity contribution in [2.45, 2.75) is 25.8 Å². The number of nitrogens with one attached hydrogen (secondary N) is 2. The molecule has 0 saturated carbocycles. The van der Waals surface area contributed by atoms with Crippen molar-refractivity contribution >= 4 is 51.6 Å². The average Bonchev–Trinajstić information content (AvgIpc) is 3.49. The van der Waals surface area contributed by atoms with Crippen molar-refractivity contribution in [3.8, 4) is 0 Å². The van der Waals surface area contributed by atoms with Gasteiger partial charge in [0.05, 0.1) is 17.0 Å². The molecule has 3 aromatic carbocycles. The van der Waals surface area contributed by atoms with Crippen molar-refractivity contribution in [2.24, 2.45) is 0 Å². The van der Waals surface area contributed by atoms with E-state index in [1.165, 1.54) is 36.1 Å². The lowest BCUT2D eigenvalue weighted by Gasteiger charge is -2.28. The quantitative estimate of drug-likeness (QED) is 0.196. The van der Waals surface area contributed by atoms with E-state index in [9.17, 15) is 29.3 Å². The Bertz CT molecular complexity index is 1630. The fourth-order valence-corrected chi connectivity index (χ4v) is 4.90. The van der Waals surface area contributed by atoms with Crippen LogP contribution in [0.5, 0.6) is 0 Å². The Balaban J connectivity index is 1.44. The number of fused-ring (bicyclic) bond motifs is 1. The number of benzene rings is 3. The maximum absolute atomic E-state index is 13.7. The summed E-state index contributed by atoms with van der Waals surface area (Å²) >= 11 is 0. The van der Waals surface area contributed by atoms with Gasteiger partial charge in [-0.1, -0.05) is 18.2 Å². The molecule has 0 bridgehead atoms. The van der Waals surface area contributed by atoms with Gasteiger partial charge >= 0.3 is 0 Å². The number of aromatic nitrogens is 1. The number of nitrogens with zero attached hydrogens (tertiary/aromatic N) is 3. The highest BCUT2D eigenvalue weighted by Crippen LogP contribution is 2.29. The Labute approximate surface area is 228 Å². The van der Waals surface area contributed by atoms with Gasteiger partial charge in [-0.25, -0.2) is 4.90 Å². The van der Waals surface area contributed by atoms with Crippen LogP contribution < -0.4 is 10.2 Å². The number of imide groups is 1. The van der Waals surface area contributed by atoms with Gasteiger partial charge in [-0.05, 0) is 54.4 Å². The van der Waals surface area contributed by atoms with Crippen molar-refractivity contribution < 1.29 is 24.1 Å². The molecule has 11 nitrogen and oxygen atoms in total. The molecule has 1 aliphatic heterocycles. The summed E-state index contributed by atoms with van der Waals surface area (Å²) < 4.78 is 0. The molecule has 0 spiro atoms. The summed E-state index contributed by atoms with van der Waals surface area (Å²) in [5.74, 6) is -1.78. The van der Waals surface area contributed by atoms with Gasteiger partial charge < -0.3 is 15.2 Å².